The van der Waals surface area contributed by atoms with Crippen molar-refractivity contribution in [2.45, 2.75) is 10.2 Å². The van der Waals surface area contributed by atoms with Crippen molar-refractivity contribution in [1.82, 2.24) is 15.4 Å². The molecule has 0 saturated heterocycles. The second-order valence-corrected chi connectivity index (χ2v) is 6.81. The maximum atomic E-state index is 12.0. The number of aromatic amines is 1. The standard InChI is InChI=1S/C19H13N5O4S/c25-18(12-5-7-13(8-6-12)24(26)27)23-20-11-14-9-10-17(28-14)29-19-21-15-3-1-2-4-16(15)22-19/h1-11H,(H,21,22)(H,23,25). The van der Waals surface area contributed by atoms with E-state index in [4.69, 9.17) is 4.42 Å². The fraction of sp³-hybridized carbons (Fsp3) is 0. The van der Waals surface area contributed by atoms with Crippen molar-refractivity contribution >= 4 is 40.6 Å². The molecule has 2 N–H and O–H groups in total. The number of nitro groups is 1. The summed E-state index contributed by atoms with van der Waals surface area (Å²) in [5, 5.41) is 15.8. The lowest BCUT2D eigenvalue weighted by atomic mass is 10.2. The van der Waals surface area contributed by atoms with Crippen molar-refractivity contribution in [3.63, 3.8) is 0 Å². The molecule has 0 aliphatic carbocycles. The van der Waals surface area contributed by atoms with E-state index >= 15 is 0 Å². The predicted molar refractivity (Wildman–Crippen MR) is 107 cm³/mol. The number of amides is 1. The van der Waals surface area contributed by atoms with Crippen molar-refractivity contribution in [3.05, 3.63) is 82.1 Å². The number of fused-ring (bicyclic) bond motifs is 1. The Bertz CT molecular complexity index is 1180. The van der Waals surface area contributed by atoms with E-state index in [0.717, 1.165) is 11.0 Å². The number of furan rings is 1. The summed E-state index contributed by atoms with van der Waals surface area (Å²) in [5.41, 5.74) is 4.33. The second kappa shape index (κ2) is 7.98. The molecule has 0 atom stereocenters. The number of imidazole rings is 1. The lowest BCUT2D eigenvalue weighted by molar-refractivity contribution is -0.384. The number of carbonyl (C=O) groups is 1. The molecule has 0 bridgehead atoms. The van der Waals surface area contributed by atoms with Gasteiger partial charge in [0.1, 0.15) is 5.76 Å². The van der Waals surface area contributed by atoms with Crippen LogP contribution in [0.1, 0.15) is 16.1 Å². The minimum absolute atomic E-state index is 0.0879. The van der Waals surface area contributed by atoms with Crippen LogP contribution < -0.4 is 5.43 Å². The zero-order valence-electron chi connectivity index (χ0n) is 14.7. The van der Waals surface area contributed by atoms with Crippen molar-refractivity contribution in [3.8, 4) is 0 Å². The summed E-state index contributed by atoms with van der Waals surface area (Å²) in [6, 6.07) is 16.4. The summed E-state index contributed by atoms with van der Waals surface area (Å²) >= 11 is 1.34. The highest BCUT2D eigenvalue weighted by molar-refractivity contribution is 7.99. The number of nitro benzene ring substituents is 1. The molecule has 0 fully saturated rings. The van der Waals surface area contributed by atoms with Crippen LogP contribution in [0.3, 0.4) is 0 Å². The van der Waals surface area contributed by atoms with Crippen LogP contribution >= 0.6 is 11.8 Å². The molecule has 4 rings (SSSR count). The maximum absolute atomic E-state index is 12.0. The SMILES string of the molecule is O=C(NN=Cc1ccc(Sc2nc3ccccc3[nH]2)o1)c1ccc([N+](=O)[O-])cc1. The van der Waals surface area contributed by atoms with E-state index in [9.17, 15) is 14.9 Å². The number of carbonyl (C=O) groups excluding carboxylic acids is 1. The first-order valence-electron chi connectivity index (χ1n) is 8.39. The van der Waals surface area contributed by atoms with Crippen LogP contribution in [0.4, 0.5) is 5.69 Å². The molecule has 144 valence electrons. The number of hydrazone groups is 1. The monoisotopic (exact) mass is 407 g/mol. The molecule has 0 unspecified atom stereocenters. The Labute approximate surface area is 168 Å². The fourth-order valence-electron chi connectivity index (χ4n) is 2.49. The number of hydrogen-bond acceptors (Lipinski definition) is 7. The Morgan fingerprint density at radius 1 is 1.17 bits per heavy atom. The molecule has 9 nitrogen and oxygen atoms in total. The van der Waals surface area contributed by atoms with Gasteiger partial charge in [-0.05, 0) is 48.2 Å². The van der Waals surface area contributed by atoms with Crippen molar-refractivity contribution in [2.75, 3.05) is 0 Å². The fourth-order valence-corrected chi connectivity index (χ4v) is 3.25. The summed E-state index contributed by atoms with van der Waals surface area (Å²) in [5.74, 6) is -0.0350. The summed E-state index contributed by atoms with van der Waals surface area (Å²) in [4.78, 5) is 29.8. The van der Waals surface area contributed by atoms with Crippen LogP contribution in [-0.2, 0) is 0 Å². The van der Waals surface area contributed by atoms with Crippen molar-refractivity contribution in [1.29, 1.82) is 0 Å². The molecule has 0 aliphatic rings. The van der Waals surface area contributed by atoms with E-state index in [1.165, 1.54) is 42.2 Å². The van der Waals surface area contributed by atoms with Gasteiger partial charge in [-0.3, -0.25) is 14.9 Å². The Kier molecular flexibility index (Phi) is 5.08. The first-order valence-corrected chi connectivity index (χ1v) is 9.20. The third-order valence-electron chi connectivity index (χ3n) is 3.87. The lowest BCUT2D eigenvalue weighted by Crippen LogP contribution is -2.17. The maximum Gasteiger partial charge on any atom is 0.271 e. The number of aromatic nitrogens is 2. The van der Waals surface area contributed by atoms with Gasteiger partial charge in [0, 0.05) is 17.7 Å². The molecule has 0 saturated carbocycles. The molecule has 0 spiro atoms. The van der Waals surface area contributed by atoms with Gasteiger partial charge >= 0.3 is 0 Å². The van der Waals surface area contributed by atoms with Crippen LogP contribution in [0.25, 0.3) is 11.0 Å². The molecule has 10 heteroatoms. The van der Waals surface area contributed by atoms with E-state index < -0.39 is 10.8 Å². The average molecular weight is 407 g/mol. The zero-order valence-corrected chi connectivity index (χ0v) is 15.6. The Hall–Kier alpha value is -3.92. The van der Waals surface area contributed by atoms with Crippen LogP contribution in [0.15, 0.2) is 80.4 Å². The summed E-state index contributed by atoms with van der Waals surface area (Å²) in [6.45, 7) is 0. The van der Waals surface area contributed by atoms with Gasteiger partial charge in [0.05, 0.1) is 22.2 Å². The predicted octanol–water partition coefficient (Wildman–Crippen LogP) is 3.98. The van der Waals surface area contributed by atoms with Crippen LogP contribution in [0.2, 0.25) is 0 Å². The number of nitrogens with zero attached hydrogens (tertiary/aromatic N) is 3. The molecule has 2 aromatic carbocycles. The minimum atomic E-state index is -0.530. The Balaban J connectivity index is 1.36. The van der Waals surface area contributed by atoms with Gasteiger partial charge in [-0.15, -0.1) is 0 Å². The number of non-ortho nitro benzene ring substituents is 1. The number of para-hydroxylation sites is 2. The topological polar surface area (TPSA) is 126 Å². The molecule has 0 radical (unpaired) electrons. The first kappa shape index (κ1) is 18.4. The summed E-state index contributed by atoms with van der Waals surface area (Å²) in [6.07, 6.45) is 1.37. The van der Waals surface area contributed by atoms with Crippen LogP contribution in [0.5, 0.6) is 0 Å². The minimum Gasteiger partial charge on any atom is -0.448 e. The van der Waals surface area contributed by atoms with E-state index in [1.54, 1.807) is 12.1 Å². The molecule has 4 aromatic rings. The molecular formula is C19H13N5O4S. The number of H-pyrrole nitrogens is 1. The van der Waals surface area contributed by atoms with Gasteiger partial charge in [-0.1, -0.05) is 12.1 Å². The third kappa shape index (κ3) is 4.33. The number of benzene rings is 2. The smallest absolute Gasteiger partial charge is 0.271 e. The normalized spacial score (nSPS) is 11.2. The van der Waals surface area contributed by atoms with Gasteiger partial charge in [0.25, 0.3) is 11.6 Å². The largest absolute Gasteiger partial charge is 0.448 e. The van der Waals surface area contributed by atoms with E-state index in [0.29, 0.717) is 16.0 Å². The Morgan fingerprint density at radius 3 is 2.72 bits per heavy atom. The molecular weight excluding hydrogens is 394 g/mol. The van der Waals surface area contributed by atoms with Gasteiger partial charge in [0.15, 0.2) is 10.2 Å². The average Bonchev–Trinajstić information content (AvgIpc) is 3.34. The quantitative estimate of drug-likeness (QED) is 0.283. The van der Waals surface area contributed by atoms with Crippen molar-refractivity contribution in [2.24, 2.45) is 5.10 Å². The lowest BCUT2D eigenvalue weighted by Gasteiger charge is -1.98. The number of rotatable bonds is 6. The molecule has 2 heterocycles. The summed E-state index contributed by atoms with van der Waals surface area (Å²) in [7, 11) is 0. The van der Waals surface area contributed by atoms with Gasteiger partial charge in [0.2, 0.25) is 0 Å². The van der Waals surface area contributed by atoms with Crippen molar-refractivity contribution < 1.29 is 14.1 Å². The first-order chi connectivity index (χ1) is 14.1. The molecule has 0 aliphatic heterocycles. The van der Waals surface area contributed by atoms with E-state index in [-0.39, 0.29) is 11.3 Å². The van der Waals surface area contributed by atoms with Gasteiger partial charge in [-0.25, -0.2) is 10.4 Å². The number of nitrogens with one attached hydrogen (secondary N) is 2. The zero-order chi connectivity index (χ0) is 20.2. The highest BCUT2D eigenvalue weighted by Crippen LogP contribution is 2.28. The van der Waals surface area contributed by atoms with Gasteiger partial charge in [-0.2, -0.15) is 5.10 Å². The molecule has 1 amide bonds. The van der Waals surface area contributed by atoms with E-state index in [1.807, 2.05) is 24.3 Å². The third-order valence-corrected chi connectivity index (χ3v) is 4.67. The highest BCUT2D eigenvalue weighted by atomic mass is 32.2. The summed E-state index contributed by atoms with van der Waals surface area (Å²) < 4.78 is 5.64. The highest BCUT2D eigenvalue weighted by Gasteiger charge is 2.09. The van der Waals surface area contributed by atoms with Crippen LogP contribution in [-0.4, -0.2) is 27.0 Å². The number of hydrogen-bond donors (Lipinski definition) is 2. The molecule has 2 aromatic heterocycles. The second-order valence-electron chi connectivity index (χ2n) is 5.82. The molecule has 29 heavy (non-hydrogen) atoms. The van der Waals surface area contributed by atoms with Crippen LogP contribution in [0, 0.1) is 10.1 Å². The Morgan fingerprint density at radius 2 is 1.97 bits per heavy atom. The van der Waals surface area contributed by atoms with E-state index in [2.05, 4.69) is 20.5 Å². The van der Waals surface area contributed by atoms with Gasteiger partial charge < -0.3 is 9.40 Å².